The lowest BCUT2D eigenvalue weighted by atomic mass is 10.1. The molecular weight excluding hydrogens is 375 g/mol. The lowest BCUT2D eigenvalue weighted by Crippen LogP contribution is -2.46. The van der Waals surface area contributed by atoms with E-state index in [9.17, 15) is 13.2 Å². The van der Waals surface area contributed by atoms with Crippen molar-refractivity contribution in [3.05, 3.63) is 59.7 Å². The van der Waals surface area contributed by atoms with Crippen LogP contribution in [0.1, 0.15) is 11.1 Å². The monoisotopic (exact) mass is 395 g/mol. The van der Waals surface area contributed by atoms with Crippen molar-refractivity contribution in [3.63, 3.8) is 0 Å². The number of ether oxygens (including phenoxy) is 2. The van der Waals surface area contributed by atoms with Crippen molar-refractivity contribution in [3.8, 4) is 0 Å². The number of rotatable bonds is 5. The summed E-state index contributed by atoms with van der Waals surface area (Å²) in [6.07, 6.45) is -4.38. The smallest absolute Gasteiger partial charge is 0.382 e. The fourth-order valence-electron chi connectivity index (χ4n) is 2.60. The summed E-state index contributed by atoms with van der Waals surface area (Å²) in [4.78, 5) is 0. The molecule has 5 N–H and O–H groups in total. The lowest BCUT2D eigenvalue weighted by molar-refractivity contribution is -0.137. The Kier molecular flexibility index (Phi) is 6.02. The molecule has 0 amide bonds. The molecule has 0 aliphatic carbocycles. The number of hydrazone groups is 1. The van der Waals surface area contributed by atoms with Gasteiger partial charge in [-0.25, -0.2) is 11.0 Å². The zero-order chi connectivity index (χ0) is 20.1. The maximum Gasteiger partial charge on any atom is 0.416 e. The molecule has 150 valence electrons. The van der Waals surface area contributed by atoms with E-state index in [0.29, 0.717) is 30.2 Å². The van der Waals surface area contributed by atoms with Crippen molar-refractivity contribution in [1.82, 2.24) is 5.12 Å². The van der Waals surface area contributed by atoms with Gasteiger partial charge >= 0.3 is 6.18 Å². The molecule has 1 aliphatic heterocycles. The Morgan fingerprint density at radius 2 is 1.71 bits per heavy atom. The Morgan fingerprint density at radius 1 is 1.07 bits per heavy atom. The van der Waals surface area contributed by atoms with E-state index < -0.39 is 11.7 Å². The van der Waals surface area contributed by atoms with Gasteiger partial charge in [-0.2, -0.15) is 13.2 Å². The third kappa shape index (κ3) is 4.91. The normalized spacial score (nSPS) is 16.1. The summed E-state index contributed by atoms with van der Waals surface area (Å²) in [6.45, 7) is 0.931. The summed E-state index contributed by atoms with van der Waals surface area (Å²) in [5.74, 6) is 6.07. The zero-order valence-electron chi connectivity index (χ0n) is 14.8. The van der Waals surface area contributed by atoms with E-state index in [1.807, 2.05) is 0 Å². The Hall–Kier alpha value is -2.82. The van der Waals surface area contributed by atoms with E-state index in [-0.39, 0.29) is 18.7 Å². The highest BCUT2D eigenvalue weighted by Gasteiger charge is 2.30. The van der Waals surface area contributed by atoms with E-state index in [1.54, 1.807) is 24.3 Å². The minimum atomic E-state index is -4.38. The molecule has 1 saturated heterocycles. The maximum absolute atomic E-state index is 12.7. The lowest BCUT2D eigenvalue weighted by Gasteiger charge is -2.28. The van der Waals surface area contributed by atoms with Gasteiger partial charge in [0.1, 0.15) is 12.8 Å². The Labute approximate surface area is 159 Å². The number of benzene rings is 2. The SMILES string of the molecule is N/C(=N\N(N)C1COCOC1)c1ccccc1Nc1ccc(C(F)(F)F)cc1. The highest BCUT2D eigenvalue weighted by molar-refractivity contribution is 6.02. The molecule has 1 aliphatic rings. The molecule has 28 heavy (non-hydrogen) atoms. The van der Waals surface area contributed by atoms with Crippen LogP contribution in [0.15, 0.2) is 53.6 Å². The van der Waals surface area contributed by atoms with Crippen molar-refractivity contribution in [2.75, 3.05) is 25.3 Å². The van der Waals surface area contributed by atoms with Gasteiger partial charge in [0.25, 0.3) is 0 Å². The van der Waals surface area contributed by atoms with Crippen LogP contribution in [-0.2, 0) is 15.7 Å². The Balaban J connectivity index is 1.77. The third-order valence-corrected chi connectivity index (χ3v) is 4.08. The quantitative estimate of drug-likeness (QED) is 0.312. The molecule has 7 nitrogen and oxygen atoms in total. The molecular formula is C18H20F3N5O2. The molecule has 0 aromatic heterocycles. The predicted octanol–water partition coefficient (Wildman–Crippen LogP) is 2.62. The number of nitrogens with zero attached hydrogens (tertiary/aromatic N) is 2. The fraction of sp³-hybridized carbons (Fsp3) is 0.278. The molecule has 0 spiro atoms. The molecule has 0 atom stereocenters. The average molecular weight is 395 g/mol. The fourth-order valence-corrected chi connectivity index (χ4v) is 2.60. The van der Waals surface area contributed by atoms with Gasteiger partial charge in [0.05, 0.1) is 18.8 Å². The second kappa shape index (κ2) is 8.46. The summed E-state index contributed by atoms with van der Waals surface area (Å²) < 4.78 is 48.5. The van der Waals surface area contributed by atoms with Gasteiger partial charge in [-0.1, -0.05) is 12.1 Å². The van der Waals surface area contributed by atoms with Crippen LogP contribution in [0.4, 0.5) is 24.5 Å². The van der Waals surface area contributed by atoms with Gasteiger partial charge in [-0.05, 0) is 36.4 Å². The summed E-state index contributed by atoms with van der Waals surface area (Å²) in [6, 6.07) is 11.4. The summed E-state index contributed by atoms with van der Waals surface area (Å²) >= 11 is 0. The van der Waals surface area contributed by atoms with E-state index in [2.05, 4.69) is 10.4 Å². The molecule has 2 aromatic carbocycles. The largest absolute Gasteiger partial charge is 0.416 e. The van der Waals surface area contributed by atoms with Gasteiger partial charge in [-0.15, -0.1) is 5.10 Å². The molecule has 1 fully saturated rings. The molecule has 0 unspecified atom stereocenters. The number of amidine groups is 1. The van der Waals surface area contributed by atoms with Gasteiger partial charge < -0.3 is 20.5 Å². The first-order valence-electron chi connectivity index (χ1n) is 8.42. The summed E-state index contributed by atoms with van der Waals surface area (Å²) in [5, 5.41) is 8.41. The number of hydrogen-bond donors (Lipinski definition) is 3. The van der Waals surface area contributed by atoms with Crippen LogP contribution in [0.25, 0.3) is 0 Å². The molecule has 3 rings (SSSR count). The van der Waals surface area contributed by atoms with Crippen LogP contribution in [-0.4, -0.2) is 37.0 Å². The number of halogens is 3. The van der Waals surface area contributed by atoms with Crippen LogP contribution < -0.4 is 16.9 Å². The van der Waals surface area contributed by atoms with Gasteiger partial charge in [0, 0.05) is 16.9 Å². The number of alkyl halides is 3. The van der Waals surface area contributed by atoms with Crippen molar-refractivity contribution in [2.45, 2.75) is 12.2 Å². The predicted molar refractivity (Wildman–Crippen MR) is 98.5 cm³/mol. The van der Waals surface area contributed by atoms with Crippen LogP contribution in [0.2, 0.25) is 0 Å². The van der Waals surface area contributed by atoms with Crippen molar-refractivity contribution in [2.24, 2.45) is 16.7 Å². The molecule has 0 radical (unpaired) electrons. The zero-order valence-corrected chi connectivity index (χ0v) is 14.8. The molecule has 1 heterocycles. The topological polar surface area (TPSA) is 98.1 Å². The molecule has 0 bridgehead atoms. The van der Waals surface area contributed by atoms with Gasteiger partial charge in [-0.3, -0.25) is 0 Å². The van der Waals surface area contributed by atoms with Crippen molar-refractivity contribution < 1.29 is 22.6 Å². The third-order valence-electron chi connectivity index (χ3n) is 4.08. The van der Waals surface area contributed by atoms with Crippen molar-refractivity contribution in [1.29, 1.82) is 0 Å². The number of hydrogen-bond acceptors (Lipinski definition) is 6. The number of nitrogens with one attached hydrogen (secondary N) is 1. The van der Waals surface area contributed by atoms with E-state index >= 15 is 0 Å². The highest BCUT2D eigenvalue weighted by atomic mass is 19.4. The van der Waals surface area contributed by atoms with Crippen LogP contribution in [0.5, 0.6) is 0 Å². The Morgan fingerprint density at radius 3 is 2.36 bits per heavy atom. The first-order chi connectivity index (χ1) is 13.3. The van der Waals surface area contributed by atoms with Gasteiger partial charge in [0.2, 0.25) is 0 Å². The minimum absolute atomic E-state index is 0.142. The number of hydrazine groups is 1. The maximum atomic E-state index is 12.7. The number of para-hydroxylation sites is 1. The second-order valence-electron chi connectivity index (χ2n) is 6.12. The molecule has 10 heteroatoms. The van der Waals surface area contributed by atoms with Crippen LogP contribution >= 0.6 is 0 Å². The first kappa shape index (κ1) is 19.9. The van der Waals surface area contributed by atoms with Gasteiger partial charge in [0.15, 0.2) is 5.84 Å². The van der Waals surface area contributed by atoms with Crippen LogP contribution in [0, 0.1) is 0 Å². The van der Waals surface area contributed by atoms with E-state index in [0.717, 1.165) is 12.1 Å². The Bertz CT molecular complexity index is 821. The van der Waals surface area contributed by atoms with Crippen LogP contribution in [0.3, 0.4) is 0 Å². The number of anilines is 2. The molecule has 0 saturated carbocycles. The molecule has 2 aromatic rings. The average Bonchev–Trinajstić information content (AvgIpc) is 2.68. The first-order valence-corrected chi connectivity index (χ1v) is 8.42. The number of nitrogens with two attached hydrogens (primary N) is 2. The highest BCUT2D eigenvalue weighted by Crippen LogP contribution is 2.30. The summed E-state index contributed by atoms with van der Waals surface area (Å²) in [7, 11) is 0. The minimum Gasteiger partial charge on any atom is -0.382 e. The van der Waals surface area contributed by atoms with E-state index in [4.69, 9.17) is 21.1 Å². The second-order valence-corrected chi connectivity index (χ2v) is 6.12. The van der Waals surface area contributed by atoms with E-state index in [1.165, 1.54) is 17.3 Å². The summed E-state index contributed by atoms with van der Waals surface area (Å²) in [5.41, 5.74) is 6.98. The van der Waals surface area contributed by atoms with Crippen molar-refractivity contribution >= 4 is 17.2 Å². The standard InChI is InChI=1S/C18H20F3N5O2/c19-18(20,21)12-5-7-13(8-6-12)24-16-4-2-1-3-15(16)17(22)25-26(23)14-9-27-11-28-10-14/h1-8,14,24H,9-11,23H2,(H2,22,25).